The van der Waals surface area contributed by atoms with Crippen LogP contribution in [0.4, 0.5) is 0 Å². The van der Waals surface area contributed by atoms with E-state index in [4.69, 9.17) is 4.74 Å². The van der Waals surface area contributed by atoms with E-state index in [0.29, 0.717) is 26.5 Å². The molecule has 0 unspecified atom stereocenters. The van der Waals surface area contributed by atoms with Crippen molar-refractivity contribution in [3.8, 4) is 0 Å². The Morgan fingerprint density at radius 2 is 2.00 bits per heavy atom. The summed E-state index contributed by atoms with van der Waals surface area (Å²) in [5.74, 6) is 0.0870. The molecule has 3 aromatic rings. The number of thiophene rings is 1. The Morgan fingerprint density at radius 1 is 1.30 bits per heavy atom. The quantitative estimate of drug-likeness (QED) is 0.689. The van der Waals surface area contributed by atoms with E-state index in [2.05, 4.69) is 25.9 Å². The first-order valence-electron chi connectivity index (χ1n) is 6.87. The minimum absolute atomic E-state index is 0.183. The van der Waals surface area contributed by atoms with Crippen LogP contribution in [0.15, 0.2) is 33.5 Å². The van der Waals surface area contributed by atoms with Crippen molar-refractivity contribution in [2.24, 2.45) is 0 Å². The molecule has 2 heterocycles. The highest BCUT2D eigenvalue weighted by molar-refractivity contribution is 9.10. The number of aryl methyl sites for hydroxylation is 2. The van der Waals surface area contributed by atoms with Crippen molar-refractivity contribution < 1.29 is 9.53 Å². The molecule has 0 saturated heterocycles. The number of esters is 1. The molecule has 3 rings (SSSR count). The van der Waals surface area contributed by atoms with Crippen molar-refractivity contribution in [1.29, 1.82) is 0 Å². The van der Waals surface area contributed by atoms with Gasteiger partial charge in [0.1, 0.15) is 22.1 Å². The Hall–Kier alpha value is -1.99. The summed E-state index contributed by atoms with van der Waals surface area (Å²) in [6.45, 7) is 3.63. The summed E-state index contributed by atoms with van der Waals surface area (Å²) in [6.07, 6.45) is 0. The largest absolute Gasteiger partial charge is 0.457 e. The third-order valence-corrected chi connectivity index (χ3v) is 5.08. The summed E-state index contributed by atoms with van der Waals surface area (Å²) in [5, 5.41) is 0.455. The average Bonchev–Trinajstić information content (AvgIpc) is 2.83. The molecule has 0 amide bonds. The number of benzene rings is 1. The monoisotopic (exact) mass is 392 g/mol. The van der Waals surface area contributed by atoms with Crippen LogP contribution in [0.1, 0.15) is 26.6 Å². The normalized spacial score (nSPS) is 10.9. The fourth-order valence-electron chi connectivity index (χ4n) is 2.24. The van der Waals surface area contributed by atoms with Gasteiger partial charge in [-0.05, 0) is 37.1 Å². The second kappa shape index (κ2) is 6.25. The zero-order chi connectivity index (χ0) is 16.6. The second-order valence-electron chi connectivity index (χ2n) is 5.09. The number of aromatic amines is 1. The van der Waals surface area contributed by atoms with E-state index in [1.54, 1.807) is 13.8 Å². The van der Waals surface area contributed by atoms with Gasteiger partial charge in [-0.2, -0.15) is 0 Å². The van der Waals surface area contributed by atoms with Gasteiger partial charge in [0.05, 0.1) is 5.39 Å². The average molecular weight is 393 g/mol. The third kappa shape index (κ3) is 3.20. The molecule has 0 fully saturated rings. The van der Waals surface area contributed by atoms with Crippen molar-refractivity contribution in [3.63, 3.8) is 0 Å². The lowest BCUT2D eigenvalue weighted by atomic mass is 10.2. The molecular formula is C16H13BrN2O3S. The Kier molecular flexibility index (Phi) is 4.32. The van der Waals surface area contributed by atoms with Crippen LogP contribution >= 0.6 is 27.3 Å². The number of fused-ring (bicyclic) bond motifs is 1. The topological polar surface area (TPSA) is 72.0 Å². The van der Waals surface area contributed by atoms with Crippen LogP contribution in [0.25, 0.3) is 10.2 Å². The van der Waals surface area contributed by atoms with Gasteiger partial charge in [0, 0.05) is 4.47 Å². The van der Waals surface area contributed by atoms with Gasteiger partial charge in [-0.25, -0.2) is 9.78 Å². The Balaban J connectivity index is 1.86. The number of carbonyl (C=O) groups excluding carboxylic acids is 1. The molecule has 0 bridgehead atoms. The summed E-state index contributed by atoms with van der Waals surface area (Å²) >= 11 is 4.54. The van der Waals surface area contributed by atoms with Crippen LogP contribution < -0.4 is 5.56 Å². The zero-order valence-corrected chi connectivity index (χ0v) is 14.9. The van der Waals surface area contributed by atoms with E-state index in [1.165, 1.54) is 11.3 Å². The molecule has 0 aliphatic carbocycles. The molecule has 118 valence electrons. The fraction of sp³-hybridized carbons (Fsp3) is 0.188. The van der Waals surface area contributed by atoms with Gasteiger partial charge in [0.2, 0.25) is 0 Å². The molecule has 0 saturated carbocycles. The van der Waals surface area contributed by atoms with Crippen LogP contribution in [0.2, 0.25) is 0 Å². The van der Waals surface area contributed by atoms with E-state index >= 15 is 0 Å². The summed E-state index contributed by atoms with van der Waals surface area (Å²) in [4.78, 5) is 32.2. The number of hydrogen-bond acceptors (Lipinski definition) is 5. The summed E-state index contributed by atoms with van der Waals surface area (Å²) < 4.78 is 6.32. The van der Waals surface area contributed by atoms with Gasteiger partial charge in [-0.1, -0.05) is 28.1 Å². The molecule has 23 heavy (non-hydrogen) atoms. The Bertz CT molecular complexity index is 944. The first-order chi connectivity index (χ1) is 11.0. The predicted molar refractivity (Wildman–Crippen MR) is 93.0 cm³/mol. The SMILES string of the molecule is Cc1nc2sc(C(=O)OCc3ccc(Br)cc3)c(C)c2c(=O)[nH]1. The lowest BCUT2D eigenvalue weighted by Crippen LogP contribution is -2.10. The zero-order valence-electron chi connectivity index (χ0n) is 12.5. The minimum Gasteiger partial charge on any atom is -0.457 e. The van der Waals surface area contributed by atoms with Crippen molar-refractivity contribution in [2.45, 2.75) is 20.5 Å². The number of rotatable bonds is 3. The maximum Gasteiger partial charge on any atom is 0.349 e. The van der Waals surface area contributed by atoms with Crippen molar-refractivity contribution in [1.82, 2.24) is 9.97 Å². The first-order valence-corrected chi connectivity index (χ1v) is 8.48. The predicted octanol–water partition coefficient (Wildman–Crippen LogP) is 3.72. The molecule has 2 aromatic heterocycles. The maximum absolute atomic E-state index is 12.3. The number of ether oxygens (including phenoxy) is 1. The molecular weight excluding hydrogens is 380 g/mol. The standard InChI is InChI=1S/C16H13BrN2O3S/c1-8-12-14(20)18-9(2)19-15(12)23-13(8)16(21)22-7-10-3-5-11(17)6-4-10/h3-6H,7H2,1-2H3,(H,18,19,20). The van der Waals surface area contributed by atoms with E-state index in [-0.39, 0.29) is 12.2 Å². The van der Waals surface area contributed by atoms with Crippen molar-refractivity contribution >= 4 is 43.5 Å². The Morgan fingerprint density at radius 3 is 2.70 bits per heavy atom. The molecule has 7 heteroatoms. The second-order valence-corrected chi connectivity index (χ2v) is 7.01. The van der Waals surface area contributed by atoms with Crippen LogP contribution in [0.5, 0.6) is 0 Å². The van der Waals surface area contributed by atoms with Gasteiger partial charge in [-0.3, -0.25) is 4.79 Å². The molecule has 5 nitrogen and oxygen atoms in total. The van der Waals surface area contributed by atoms with E-state index in [0.717, 1.165) is 10.0 Å². The summed E-state index contributed by atoms with van der Waals surface area (Å²) in [5.41, 5.74) is 1.28. The summed E-state index contributed by atoms with van der Waals surface area (Å²) in [6, 6.07) is 7.54. The summed E-state index contributed by atoms with van der Waals surface area (Å²) in [7, 11) is 0. The van der Waals surface area contributed by atoms with Crippen LogP contribution in [0, 0.1) is 13.8 Å². The van der Waals surface area contributed by atoms with Gasteiger partial charge in [-0.15, -0.1) is 11.3 Å². The number of nitrogens with zero attached hydrogens (tertiary/aromatic N) is 1. The van der Waals surface area contributed by atoms with Crippen LogP contribution in [-0.2, 0) is 11.3 Å². The molecule has 0 spiro atoms. The molecule has 0 aliphatic heterocycles. The number of hydrogen-bond donors (Lipinski definition) is 1. The molecule has 0 radical (unpaired) electrons. The van der Waals surface area contributed by atoms with Crippen molar-refractivity contribution in [3.05, 3.63) is 60.9 Å². The maximum atomic E-state index is 12.3. The number of H-pyrrole nitrogens is 1. The van der Waals surface area contributed by atoms with E-state index < -0.39 is 5.97 Å². The van der Waals surface area contributed by atoms with Gasteiger partial charge < -0.3 is 9.72 Å². The molecule has 0 aliphatic rings. The van der Waals surface area contributed by atoms with Gasteiger partial charge >= 0.3 is 5.97 Å². The van der Waals surface area contributed by atoms with Gasteiger partial charge in [0.25, 0.3) is 5.56 Å². The number of carbonyl (C=O) groups is 1. The van der Waals surface area contributed by atoms with Gasteiger partial charge in [0.15, 0.2) is 0 Å². The van der Waals surface area contributed by atoms with E-state index in [9.17, 15) is 9.59 Å². The molecule has 1 aromatic carbocycles. The first kappa shape index (κ1) is 15.9. The fourth-order valence-corrected chi connectivity index (χ4v) is 3.63. The minimum atomic E-state index is -0.439. The molecule has 1 N–H and O–H groups in total. The third-order valence-electron chi connectivity index (χ3n) is 3.39. The lowest BCUT2D eigenvalue weighted by Gasteiger charge is -2.04. The van der Waals surface area contributed by atoms with Crippen LogP contribution in [-0.4, -0.2) is 15.9 Å². The highest BCUT2D eigenvalue weighted by Crippen LogP contribution is 2.27. The lowest BCUT2D eigenvalue weighted by molar-refractivity contribution is 0.0478. The number of aromatic nitrogens is 2. The van der Waals surface area contributed by atoms with E-state index in [1.807, 2.05) is 24.3 Å². The number of halogens is 1. The Labute approximate surface area is 144 Å². The highest BCUT2D eigenvalue weighted by Gasteiger charge is 2.20. The van der Waals surface area contributed by atoms with Crippen molar-refractivity contribution in [2.75, 3.05) is 0 Å². The van der Waals surface area contributed by atoms with Crippen LogP contribution in [0.3, 0.4) is 0 Å². The number of nitrogens with one attached hydrogen (secondary N) is 1. The highest BCUT2D eigenvalue weighted by atomic mass is 79.9. The smallest absolute Gasteiger partial charge is 0.349 e. The molecule has 0 atom stereocenters.